The van der Waals surface area contributed by atoms with Crippen LogP contribution in [0, 0.1) is 23.2 Å². The number of aliphatic hydroxyl groups is 1. The van der Waals surface area contributed by atoms with E-state index in [1.54, 1.807) is 7.11 Å². The van der Waals surface area contributed by atoms with Crippen LogP contribution in [-0.2, 0) is 16.0 Å². The maximum atomic E-state index is 12.6. The lowest BCUT2D eigenvalue weighted by Gasteiger charge is -2.51. The van der Waals surface area contributed by atoms with Gasteiger partial charge in [0.15, 0.2) is 0 Å². The van der Waals surface area contributed by atoms with E-state index in [2.05, 4.69) is 31.3 Å². The first kappa shape index (κ1) is 20.4. The van der Waals surface area contributed by atoms with Gasteiger partial charge < -0.3 is 19.9 Å². The highest BCUT2D eigenvalue weighted by Crippen LogP contribution is 2.55. The number of fused-ring (bicyclic) bond motifs is 2. The molecule has 5 nitrogen and oxygen atoms in total. The quantitative estimate of drug-likeness (QED) is 0.437. The standard InChI is InChI=1S/C24H33NO4/c1-15-7-6-9-17-13-20-21(22(26)24(15,17)2)18(23(27)29-20)14-25-12-11-16-8-4-5-10-19(16)28-3/h4-5,8-10,15,18,20-22,25-26H,6-7,11-14H2,1-3H3/t15-,18+,20-,21+,22+,24-/m1/s1. The van der Waals surface area contributed by atoms with Crippen LogP contribution in [0.25, 0.3) is 0 Å². The van der Waals surface area contributed by atoms with Gasteiger partial charge in [-0.3, -0.25) is 4.79 Å². The predicted octanol–water partition coefficient (Wildman–Crippen LogP) is 3.11. The third kappa shape index (κ3) is 3.49. The second kappa shape index (κ2) is 8.11. The van der Waals surface area contributed by atoms with Crippen molar-refractivity contribution in [2.45, 2.75) is 51.7 Å². The fraction of sp³-hybridized carbons (Fsp3) is 0.625. The van der Waals surface area contributed by atoms with Gasteiger partial charge >= 0.3 is 5.97 Å². The highest BCUT2D eigenvalue weighted by molar-refractivity contribution is 5.76. The van der Waals surface area contributed by atoms with E-state index in [0.717, 1.165) is 43.5 Å². The smallest absolute Gasteiger partial charge is 0.311 e. The number of para-hydroxylation sites is 1. The second-order valence-corrected chi connectivity index (χ2v) is 9.06. The first-order valence-electron chi connectivity index (χ1n) is 10.9. The van der Waals surface area contributed by atoms with E-state index < -0.39 is 6.10 Å². The van der Waals surface area contributed by atoms with E-state index in [1.165, 1.54) is 5.57 Å². The second-order valence-electron chi connectivity index (χ2n) is 9.06. The average Bonchev–Trinajstić information content (AvgIpc) is 3.03. The van der Waals surface area contributed by atoms with Gasteiger partial charge in [-0.25, -0.2) is 0 Å². The molecule has 1 aromatic carbocycles. The monoisotopic (exact) mass is 399 g/mol. The maximum Gasteiger partial charge on any atom is 0.311 e. The zero-order valence-corrected chi connectivity index (χ0v) is 17.7. The van der Waals surface area contributed by atoms with Crippen LogP contribution < -0.4 is 10.1 Å². The molecular formula is C24H33NO4. The molecule has 1 saturated heterocycles. The molecule has 1 aromatic rings. The lowest BCUT2D eigenvalue weighted by atomic mass is 9.55. The van der Waals surface area contributed by atoms with Crippen molar-refractivity contribution < 1.29 is 19.4 Å². The number of benzene rings is 1. The summed E-state index contributed by atoms with van der Waals surface area (Å²) in [4.78, 5) is 12.6. The normalized spacial score (nSPS) is 36.1. The first-order chi connectivity index (χ1) is 14.0. The Hall–Kier alpha value is -1.85. The summed E-state index contributed by atoms with van der Waals surface area (Å²) in [6.45, 7) is 5.69. The average molecular weight is 400 g/mol. The number of carbonyl (C=O) groups is 1. The summed E-state index contributed by atoms with van der Waals surface area (Å²) in [6.07, 6.45) is 5.27. The summed E-state index contributed by atoms with van der Waals surface area (Å²) in [6, 6.07) is 7.99. The van der Waals surface area contributed by atoms with Crippen LogP contribution in [0.5, 0.6) is 5.75 Å². The highest BCUT2D eigenvalue weighted by Gasteiger charge is 2.59. The Balaban J connectivity index is 1.41. The summed E-state index contributed by atoms with van der Waals surface area (Å²) < 4.78 is 11.1. The summed E-state index contributed by atoms with van der Waals surface area (Å²) in [5.41, 5.74) is 2.18. The largest absolute Gasteiger partial charge is 0.496 e. The van der Waals surface area contributed by atoms with Gasteiger partial charge in [0.05, 0.1) is 19.1 Å². The molecule has 0 bridgehead atoms. The van der Waals surface area contributed by atoms with Crippen molar-refractivity contribution in [1.82, 2.24) is 5.32 Å². The minimum absolute atomic E-state index is 0.135. The van der Waals surface area contributed by atoms with Crippen molar-refractivity contribution in [3.63, 3.8) is 0 Å². The van der Waals surface area contributed by atoms with Crippen molar-refractivity contribution in [2.24, 2.45) is 23.2 Å². The zero-order valence-electron chi connectivity index (χ0n) is 17.7. The van der Waals surface area contributed by atoms with Crippen molar-refractivity contribution in [2.75, 3.05) is 20.2 Å². The molecule has 1 aliphatic heterocycles. The number of rotatable bonds is 6. The molecule has 1 heterocycles. The van der Waals surface area contributed by atoms with Crippen LogP contribution in [0.1, 0.15) is 38.7 Å². The van der Waals surface area contributed by atoms with E-state index in [-0.39, 0.29) is 29.3 Å². The number of hydrogen-bond acceptors (Lipinski definition) is 5. The van der Waals surface area contributed by atoms with Crippen LogP contribution in [0.2, 0.25) is 0 Å². The van der Waals surface area contributed by atoms with Crippen LogP contribution >= 0.6 is 0 Å². The Kier molecular flexibility index (Phi) is 5.71. The Morgan fingerprint density at radius 2 is 2.14 bits per heavy atom. The van der Waals surface area contributed by atoms with Gasteiger partial charge in [0.2, 0.25) is 0 Å². The van der Waals surface area contributed by atoms with E-state index in [0.29, 0.717) is 12.5 Å². The molecule has 6 atom stereocenters. The number of methoxy groups -OCH3 is 1. The number of hydrogen-bond donors (Lipinski definition) is 2. The van der Waals surface area contributed by atoms with Crippen LogP contribution in [0.15, 0.2) is 35.9 Å². The molecule has 5 heteroatoms. The van der Waals surface area contributed by atoms with Gasteiger partial charge in [0.25, 0.3) is 0 Å². The molecule has 0 radical (unpaired) electrons. The molecular weight excluding hydrogens is 366 g/mol. The lowest BCUT2D eigenvalue weighted by Crippen LogP contribution is -2.54. The Labute approximate surface area is 173 Å². The van der Waals surface area contributed by atoms with Crippen molar-refractivity contribution in [3.8, 4) is 5.75 Å². The van der Waals surface area contributed by atoms with Crippen LogP contribution in [0.4, 0.5) is 0 Å². The number of carbonyl (C=O) groups excluding carboxylic acids is 1. The molecule has 3 aliphatic rings. The summed E-state index contributed by atoms with van der Waals surface area (Å²) in [5.74, 6) is 0.702. The van der Waals surface area contributed by atoms with Gasteiger partial charge in [-0.05, 0) is 43.4 Å². The molecule has 0 unspecified atom stereocenters. The third-order valence-corrected chi connectivity index (χ3v) is 7.70. The number of aliphatic hydroxyl groups excluding tert-OH is 1. The molecule has 0 spiro atoms. The van der Waals surface area contributed by atoms with Gasteiger partial charge in [0.1, 0.15) is 11.9 Å². The number of esters is 1. The van der Waals surface area contributed by atoms with Crippen molar-refractivity contribution in [1.29, 1.82) is 0 Å². The molecule has 0 amide bonds. The fourth-order valence-electron chi connectivity index (χ4n) is 5.69. The van der Waals surface area contributed by atoms with Gasteiger partial charge in [0, 0.05) is 24.3 Å². The van der Waals surface area contributed by atoms with Gasteiger partial charge in [-0.15, -0.1) is 0 Å². The van der Waals surface area contributed by atoms with Crippen molar-refractivity contribution >= 4 is 5.97 Å². The maximum absolute atomic E-state index is 12.6. The van der Waals surface area contributed by atoms with E-state index in [9.17, 15) is 9.90 Å². The van der Waals surface area contributed by atoms with Gasteiger partial charge in [-0.2, -0.15) is 0 Å². The van der Waals surface area contributed by atoms with E-state index in [4.69, 9.17) is 9.47 Å². The number of allylic oxidation sites excluding steroid dienone is 1. The highest BCUT2D eigenvalue weighted by atomic mass is 16.6. The third-order valence-electron chi connectivity index (χ3n) is 7.70. The molecule has 0 aromatic heterocycles. The topological polar surface area (TPSA) is 67.8 Å². The molecule has 1 saturated carbocycles. The molecule has 2 aliphatic carbocycles. The predicted molar refractivity (Wildman–Crippen MR) is 112 cm³/mol. The van der Waals surface area contributed by atoms with Crippen molar-refractivity contribution in [3.05, 3.63) is 41.5 Å². The minimum Gasteiger partial charge on any atom is -0.496 e. The summed E-state index contributed by atoms with van der Waals surface area (Å²) >= 11 is 0. The minimum atomic E-state index is -0.546. The molecule has 2 fully saturated rings. The van der Waals surface area contributed by atoms with Crippen LogP contribution in [0.3, 0.4) is 0 Å². The van der Waals surface area contributed by atoms with Crippen LogP contribution in [-0.4, -0.2) is 43.5 Å². The summed E-state index contributed by atoms with van der Waals surface area (Å²) in [5, 5.41) is 14.8. The molecule has 2 N–H and O–H groups in total. The zero-order chi connectivity index (χ0) is 20.6. The Morgan fingerprint density at radius 3 is 2.93 bits per heavy atom. The molecule has 158 valence electrons. The number of ether oxygens (including phenoxy) is 2. The fourth-order valence-corrected chi connectivity index (χ4v) is 5.69. The van der Waals surface area contributed by atoms with E-state index in [1.807, 2.05) is 18.2 Å². The Morgan fingerprint density at radius 1 is 1.34 bits per heavy atom. The Bertz CT molecular complexity index is 791. The SMILES string of the molecule is COc1ccccc1CCNC[C@@H]1C(=O)O[C@@H]2CC3=CCC[C@@H](C)[C@@]3(C)[C@@H](O)[C@@H]12. The van der Waals surface area contributed by atoms with Gasteiger partial charge in [-0.1, -0.05) is 43.7 Å². The lowest BCUT2D eigenvalue weighted by molar-refractivity contribution is -0.144. The number of nitrogens with one attached hydrogen (secondary N) is 1. The first-order valence-corrected chi connectivity index (χ1v) is 10.9. The molecule has 29 heavy (non-hydrogen) atoms. The van der Waals surface area contributed by atoms with E-state index >= 15 is 0 Å². The molecule has 4 rings (SSSR count). The summed E-state index contributed by atoms with van der Waals surface area (Å²) in [7, 11) is 1.68.